The second-order valence-corrected chi connectivity index (χ2v) is 5.80. The number of carbonyl (C=O) groups excluding carboxylic acids is 2. The second kappa shape index (κ2) is 7.02. The Bertz CT molecular complexity index is 587. The molecule has 2 atom stereocenters. The maximum absolute atomic E-state index is 12.0. The smallest absolute Gasteiger partial charge is 0.349 e. The van der Waals surface area contributed by atoms with Gasteiger partial charge in [-0.1, -0.05) is 31.2 Å². The van der Waals surface area contributed by atoms with Crippen LogP contribution in [0.15, 0.2) is 24.3 Å². The van der Waals surface area contributed by atoms with Crippen LogP contribution in [0.1, 0.15) is 49.3 Å². The van der Waals surface area contributed by atoms with Gasteiger partial charge < -0.3 is 10.6 Å². The maximum Gasteiger partial charge on any atom is 0.405 e. The summed E-state index contributed by atoms with van der Waals surface area (Å²) >= 11 is 0. The SMILES string of the molecule is CC1CCC(NC(=O)CC(=O)NCC(F)(F)F)c2ccccc21. The highest BCUT2D eigenvalue weighted by Crippen LogP contribution is 2.36. The van der Waals surface area contributed by atoms with Crippen LogP contribution < -0.4 is 10.6 Å². The third-order valence-electron chi connectivity index (χ3n) is 3.93. The van der Waals surface area contributed by atoms with Crippen LogP contribution in [0.3, 0.4) is 0 Å². The molecule has 0 heterocycles. The largest absolute Gasteiger partial charge is 0.405 e. The lowest BCUT2D eigenvalue weighted by Crippen LogP contribution is -2.38. The lowest BCUT2D eigenvalue weighted by atomic mass is 9.81. The summed E-state index contributed by atoms with van der Waals surface area (Å²) in [5.41, 5.74) is 2.17. The van der Waals surface area contributed by atoms with E-state index in [1.165, 1.54) is 0 Å². The van der Waals surface area contributed by atoms with Crippen molar-refractivity contribution in [2.75, 3.05) is 6.54 Å². The zero-order valence-electron chi connectivity index (χ0n) is 12.7. The van der Waals surface area contributed by atoms with Crippen molar-refractivity contribution in [2.45, 2.75) is 44.3 Å². The molecule has 0 aromatic heterocycles. The van der Waals surface area contributed by atoms with Gasteiger partial charge in [0.05, 0.1) is 6.04 Å². The van der Waals surface area contributed by atoms with E-state index in [1.807, 2.05) is 24.3 Å². The predicted octanol–water partition coefficient (Wildman–Crippen LogP) is 2.81. The molecule has 1 aromatic carbocycles. The summed E-state index contributed by atoms with van der Waals surface area (Å²) in [4.78, 5) is 23.3. The average molecular weight is 328 g/mol. The number of fused-ring (bicyclic) bond motifs is 1. The van der Waals surface area contributed by atoms with Crippen molar-refractivity contribution in [3.8, 4) is 0 Å². The zero-order valence-corrected chi connectivity index (χ0v) is 12.7. The highest BCUT2D eigenvalue weighted by molar-refractivity contribution is 5.97. The van der Waals surface area contributed by atoms with Gasteiger partial charge in [0.15, 0.2) is 0 Å². The number of alkyl halides is 3. The lowest BCUT2D eigenvalue weighted by molar-refractivity contribution is -0.140. The molecule has 7 heteroatoms. The van der Waals surface area contributed by atoms with E-state index in [-0.39, 0.29) is 6.04 Å². The minimum atomic E-state index is -4.48. The topological polar surface area (TPSA) is 58.2 Å². The third kappa shape index (κ3) is 4.97. The molecule has 1 aliphatic carbocycles. The van der Waals surface area contributed by atoms with Crippen molar-refractivity contribution in [3.63, 3.8) is 0 Å². The van der Waals surface area contributed by atoms with Gasteiger partial charge >= 0.3 is 6.18 Å². The first-order valence-corrected chi connectivity index (χ1v) is 7.48. The van der Waals surface area contributed by atoms with Gasteiger partial charge in [0.1, 0.15) is 13.0 Å². The Morgan fingerprint density at radius 2 is 1.78 bits per heavy atom. The summed E-state index contributed by atoms with van der Waals surface area (Å²) in [6.45, 7) is 0.685. The normalized spacial score (nSPS) is 20.5. The van der Waals surface area contributed by atoms with E-state index in [9.17, 15) is 22.8 Å². The molecule has 2 amide bonds. The molecule has 0 bridgehead atoms. The maximum atomic E-state index is 12.0. The van der Waals surface area contributed by atoms with Crippen LogP contribution in [-0.4, -0.2) is 24.5 Å². The minimum absolute atomic E-state index is 0.203. The molecule has 1 aliphatic rings. The molecule has 0 radical (unpaired) electrons. The molecular formula is C16H19F3N2O2. The van der Waals surface area contributed by atoms with Crippen LogP contribution in [-0.2, 0) is 9.59 Å². The summed E-state index contributed by atoms with van der Waals surface area (Å²) in [6.07, 6.45) is -3.44. The van der Waals surface area contributed by atoms with Gasteiger partial charge in [-0.25, -0.2) is 0 Å². The summed E-state index contributed by atoms with van der Waals surface area (Å²) in [5.74, 6) is -1.11. The number of nitrogens with one attached hydrogen (secondary N) is 2. The van der Waals surface area contributed by atoms with Crippen molar-refractivity contribution in [1.82, 2.24) is 10.6 Å². The third-order valence-corrected chi connectivity index (χ3v) is 3.93. The number of halogens is 3. The molecule has 0 spiro atoms. The molecule has 0 aliphatic heterocycles. The van der Waals surface area contributed by atoms with Crippen LogP contribution in [0.4, 0.5) is 13.2 Å². The molecule has 126 valence electrons. The molecule has 4 nitrogen and oxygen atoms in total. The molecule has 2 N–H and O–H groups in total. The molecule has 0 saturated heterocycles. The van der Waals surface area contributed by atoms with Gasteiger partial charge in [-0.15, -0.1) is 0 Å². The first-order chi connectivity index (χ1) is 10.8. The summed E-state index contributed by atoms with van der Waals surface area (Å²) in [5, 5.41) is 4.43. The zero-order chi connectivity index (χ0) is 17.0. The number of amides is 2. The number of rotatable bonds is 4. The molecule has 2 unspecified atom stereocenters. The number of hydrogen-bond donors (Lipinski definition) is 2. The minimum Gasteiger partial charge on any atom is -0.349 e. The van der Waals surface area contributed by atoms with E-state index in [2.05, 4.69) is 12.2 Å². The predicted molar refractivity (Wildman–Crippen MR) is 78.7 cm³/mol. The number of carbonyl (C=O) groups is 2. The van der Waals surface area contributed by atoms with E-state index in [4.69, 9.17) is 0 Å². The van der Waals surface area contributed by atoms with Gasteiger partial charge in [-0.05, 0) is 29.9 Å². The van der Waals surface area contributed by atoms with Crippen molar-refractivity contribution in [3.05, 3.63) is 35.4 Å². The Kier molecular flexibility index (Phi) is 5.28. The van der Waals surface area contributed by atoms with E-state index in [0.717, 1.165) is 24.0 Å². The quantitative estimate of drug-likeness (QED) is 0.835. The van der Waals surface area contributed by atoms with Crippen LogP contribution in [0, 0.1) is 0 Å². The van der Waals surface area contributed by atoms with Crippen molar-refractivity contribution < 1.29 is 22.8 Å². The Morgan fingerprint density at radius 1 is 1.13 bits per heavy atom. The van der Waals surface area contributed by atoms with Gasteiger partial charge in [0.2, 0.25) is 11.8 Å². The van der Waals surface area contributed by atoms with E-state index in [0.29, 0.717) is 5.92 Å². The van der Waals surface area contributed by atoms with Crippen molar-refractivity contribution in [2.24, 2.45) is 0 Å². The van der Waals surface area contributed by atoms with Gasteiger partial charge in [-0.3, -0.25) is 9.59 Å². The fourth-order valence-corrected chi connectivity index (χ4v) is 2.81. The van der Waals surface area contributed by atoms with E-state index < -0.39 is 31.0 Å². The van der Waals surface area contributed by atoms with Crippen LogP contribution in [0.2, 0.25) is 0 Å². The Balaban J connectivity index is 1.91. The molecule has 1 aromatic rings. The number of hydrogen-bond acceptors (Lipinski definition) is 2. The molecule has 0 saturated carbocycles. The van der Waals surface area contributed by atoms with Crippen LogP contribution in [0.25, 0.3) is 0 Å². The van der Waals surface area contributed by atoms with Crippen molar-refractivity contribution in [1.29, 1.82) is 0 Å². The summed E-state index contributed by atoms with van der Waals surface area (Å²) < 4.78 is 36.0. The first kappa shape index (κ1) is 17.3. The molecule has 0 fully saturated rings. The van der Waals surface area contributed by atoms with Crippen LogP contribution in [0.5, 0.6) is 0 Å². The lowest BCUT2D eigenvalue weighted by Gasteiger charge is -2.30. The van der Waals surface area contributed by atoms with E-state index in [1.54, 1.807) is 5.32 Å². The molecule has 23 heavy (non-hydrogen) atoms. The average Bonchev–Trinajstić information content (AvgIpc) is 2.48. The Labute approximate surface area is 132 Å². The van der Waals surface area contributed by atoms with Gasteiger partial charge in [0.25, 0.3) is 0 Å². The summed E-state index contributed by atoms with van der Waals surface area (Å²) in [6, 6.07) is 7.55. The second-order valence-electron chi connectivity index (χ2n) is 5.80. The van der Waals surface area contributed by atoms with Crippen molar-refractivity contribution >= 4 is 11.8 Å². The molecular weight excluding hydrogens is 309 g/mol. The Hall–Kier alpha value is -2.05. The standard InChI is InChI=1S/C16H19F3N2O2/c1-10-6-7-13(12-5-3-2-4-11(10)12)21-15(23)8-14(22)20-9-16(17,18)19/h2-5,10,13H,6-9H2,1H3,(H,20,22)(H,21,23). The number of benzene rings is 1. The summed E-state index contributed by atoms with van der Waals surface area (Å²) in [7, 11) is 0. The van der Waals surface area contributed by atoms with Crippen LogP contribution >= 0.6 is 0 Å². The fraction of sp³-hybridized carbons (Fsp3) is 0.500. The monoisotopic (exact) mass is 328 g/mol. The van der Waals surface area contributed by atoms with Gasteiger partial charge in [0, 0.05) is 0 Å². The first-order valence-electron chi connectivity index (χ1n) is 7.48. The highest BCUT2D eigenvalue weighted by Gasteiger charge is 2.29. The Morgan fingerprint density at radius 3 is 2.43 bits per heavy atom. The van der Waals surface area contributed by atoms with E-state index >= 15 is 0 Å². The highest BCUT2D eigenvalue weighted by atomic mass is 19.4. The molecule has 2 rings (SSSR count). The van der Waals surface area contributed by atoms with Gasteiger partial charge in [-0.2, -0.15) is 13.2 Å². The fourth-order valence-electron chi connectivity index (χ4n) is 2.81.